The molecule has 0 spiro atoms. The minimum Gasteiger partial charge on any atom is -0.393 e. The van der Waals surface area contributed by atoms with Crippen LogP contribution in [0.3, 0.4) is 0 Å². The second kappa shape index (κ2) is 22.9. The summed E-state index contributed by atoms with van der Waals surface area (Å²) in [5.74, 6) is 7.48. The summed E-state index contributed by atoms with van der Waals surface area (Å²) >= 11 is 0. The molecule has 3 N–H and O–H groups in total. The van der Waals surface area contributed by atoms with E-state index in [9.17, 15) is 15.3 Å². The van der Waals surface area contributed by atoms with Crippen LogP contribution in [-0.4, -0.2) is 73.3 Å². The van der Waals surface area contributed by atoms with Crippen LogP contribution in [0.1, 0.15) is 296 Å². The van der Waals surface area contributed by atoms with Crippen molar-refractivity contribution in [1.29, 1.82) is 0 Å². The fourth-order valence-electron chi connectivity index (χ4n) is 26.4. The van der Waals surface area contributed by atoms with E-state index >= 15 is 0 Å². The predicted octanol–water partition coefficient (Wildman–Crippen LogP) is 19.7. The molecule has 6 heteroatoms. The molecule has 0 heterocycles. The van der Waals surface area contributed by atoms with E-state index in [-0.39, 0.29) is 29.1 Å². The molecule has 0 radical (unpaired) electrons. The number of hydrogen-bond donors (Lipinski definition) is 3. The first kappa shape index (κ1) is 70.2. The molecule has 0 amide bonds. The van der Waals surface area contributed by atoms with Crippen LogP contribution in [-0.2, 0) is 14.2 Å². The summed E-state index contributed by atoms with van der Waals surface area (Å²) in [6.45, 7) is 62.0. The minimum absolute atomic E-state index is 0.0221. The van der Waals surface area contributed by atoms with Crippen LogP contribution in [0.5, 0.6) is 0 Å². The Morgan fingerprint density at radius 1 is 0.337 bits per heavy atom. The molecule has 6 nitrogen and oxygen atoms in total. The van der Waals surface area contributed by atoms with Crippen molar-refractivity contribution < 1.29 is 29.5 Å². The lowest BCUT2D eigenvalue weighted by Gasteiger charge is -2.44. The molecule has 20 atom stereocenters. The Hall–Kier alpha value is -0.240. The second-order valence-corrected chi connectivity index (χ2v) is 37.4. The molecule has 0 aromatic heterocycles. The van der Waals surface area contributed by atoms with Gasteiger partial charge in [-0.2, -0.15) is 0 Å². The molecule has 12 saturated carbocycles. The van der Waals surface area contributed by atoms with E-state index in [1.54, 1.807) is 0 Å². The van der Waals surface area contributed by atoms with E-state index in [1.165, 1.54) is 96.3 Å². The van der Waals surface area contributed by atoms with Crippen molar-refractivity contribution in [3.8, 4) is 0 Å². The number of fused-ring (bicyclic) bond motifs is 12. The molecular formula is C77H142O6. The standard InChI is InChI=1S/C14H26O.3C13H24O.2C12H22O/c1-10(2)14-8-7-13(5,12(14,3)4)11(9-14)15-6;1-9(2)13-7-6-12(5,10(14)8-13)11(13,3)4;1-9(2)13-7-6-10(12(13,3)4)11(8-13)14-5;1-9(2)13(4)10-6-7-12(13,3)11(8-10)14-5;1-8(2)12-6-5-9(10(13)7-12)11(12,3)4;1-8(2)12(4)9-5-6-11(12,3)10(13)7-9/h10-11H,7-9H2,1-6H3;9-10,14H,6-8H2,1-5H3;2*9-11H,6-8H2,1-5H3;2*8-10,13H,5-7H2,1-4H3. The maximum atomic E-state index is 10.2. The molecule has 486 valence electrons. The van der Waals surface area contributed by atoms with Gasteiger partial charge in [0.1, 0.15) is 0 Å². The van der Waals surface area contributed by atoms with Crippen molar-refractivity contribution in [3.63, 3.8) is 0 Å². The van der Waals surface area contributed by atoms with Gasteiger partial charge in [-0.05, 0) is 251 Å². The van der Waals surface area contributed by atoms with Gasteiger partial charge >= 0.3 is 0 Å². The van der Waals surface area contributed by atoms with Gasteiger partial charge < -0.3 is 29.5 Å². The summed E-state index contributed by atoms with van der Waals surface area (Å²) in [7, 11) is 5.66. The third-order valence-electron chi connectivity index (χ3n) is 34.7. The zero-order valence-corrected chi connectivity index (χ0v) is 60.5. The van der Waals surface area contributed by atoms with Crippen LogP contribution in [0.4, 0.5) is 0 Å². The molecule has 0 aromatic rings. The monoisotopic (exact) mass is 1160 g/mol. The quantitative estimate of drug-likeness (QED) is 0.213. The number of aliphatic hydroxyl groups is 3. The van der Waals surface area contributed by atoms with Gasteiger partial charge in [0.25, 0.3) is 0 Å². The lowest BCUT2D eigenvalue weighted by molar-refractivity contribution is -0.0406. The van der Waals surface area contributed by atoms with Crippen molar-refractivity contribution in [2.75, 3.05) is 21.3 Å². The van der Waals surface area contributed by atoms with E-state index in [2.05, 4.69) is 180 Å². The van der Waals surface area contributed by atoms with Gasteiger partial charge in [-0.1, -0.05) is 180 Å². The Bertz CT molecular complexity index is 2210. The Morgan fingerprint density at radius 2 is 0.747 bits per heavy atom. The summed E-state index contributed by atoms with van der Waals surface area (Å²) in [5.41, 5.74) is 5.54. The number of methoxy groups -OCH3 is 3. The van der Waals surface area contributed by atoms with Gasteiger partial charge in [0, 0.05) is 21.3 Å². The first-order chi connectivity index (χ1) is 37.9. The highest BCUT2D eigenvalue weighted by Crippen LogP contribution is 2.77. The number of hydrogen-bond acceptors (Lipinski definition) is 6. The molecule has 0 saturated heterocycles. The van der Waals surface area contributed by atoms with Crippen LogP contribution in [0.25, 0.3) is 0 Å². The fraction of sp³-hybridized carbons (Fsp3) is 1.00. The minimum atomic E-state index is -0.0753. The maximum Gasteiger partial charge on any atom is 0.0635 e. The molecule has 0 aliphatic heterocycles. The highest BCUT2D eigenvalue weighted by molar-refractivity contribution is 5.21. The summed E-state index contributed by atoms with van der Waals surface area (Å²) < 4.78 is 17.1. The van der Waals surface area contributed by atoms with Gasteiger partial charge in [0.05, 0.1) is 36.6 Å². The Kier molecular flexibility index (Phi) is 19.3. The van der Waals surface area contributed by atoms with E-state index in [0.717, 1.165) is 54.8 Å². The molecule has 12 bridgehead atoms. The maximum absolute atomic E-state index is 10.2. The molecule has 12 fully saturated rings. The third-order valence-corrected chi connectivity index (χ3v) is 34.7. The van der Waals surface area contributed by atoms with Gasteiger partial charge in [-0.25, -0.2) is 0 Å². The van der Waals surface area contributed by atoms with Crippen LogP contribution in [0, 0.1) is 135 Å². The van der Waals surface area contributed by atoms with Gasteiger partial charge in [-0.3, -0.25) is 0 Å². The number of ether oxygens (including phenoxy) is 3. The summed E-state index contributed by atoms with van der Waals surface area (Å²) in [6, 6.07) is 0. The Morgan fingerprint density at radius 3 is 1.00 bits per heavy atom. The smallest absolute Gasteiger partial charge is 0.0635 e. The normalized spacial score (nSPS) is 49.5. The van der Waals surface area contributed by atoms with Crippen molar-refractivity contribution in [2.45, 2.75) is 332 Å². The SMILES string of the molecule is CC(C)C1(C)C2CCC1(C)C(O)C2.CC(C)C12CCC(C(O)C1)C2(C)C.CC(C)C12CCC(C)(C(O)C1)C2(C)C.COC1CC2(C(C)C)CCC1(C)C2(C)C.COC1CC2(C(C)C)CCC1C2(C)C.COC1CC2CCC1(C)C2(C)C(C)C. The van der Waals surface area contributed by atoms with Crippen LogP contribution >= 0.6 is 0 Å². The van der Waals surface area contributed by atoms with E-state index < -0.39 is 0 Å². The number of aliphatic hydroxyl groups excluding tert-OH is 3. The van der Waals surface area contributed by atoms with Gasteiger partial charge in [-0.15, -0.1) is 0 Å². The zero-order chi connectivity index (χ0) is 63.1. The van der Waals surface area contributed by atoms with Crippen molar-refractivity contribution in [2.24, 2.45) is 135 Å². The van der Waals surface area contributed by atoms with Crippen molar-refractivity contribution >= 4 is 0 Å². The zero-order valence-electron chi connectivity index (χ0n) is 60.5. The van der Waals surface area contributed by atoms with Gasteiger partial charge in [0.2, 0.25) is 0 Å². The van der Waals surface area contributed by atoms with Crippen LogP contribution in [0.2, 0.25) is 0 Å². The summed E-state index contributed by atoms with van der Waals surface area (Å²) in [5, 5.41) is 30.3. The first-order valence-electron chi connectivity index (χ1n) is 35.5. The average Bonchev–Trinajstić information content (AvgIpc) is 2.14. The summed E-state index contributed by atoms with van der Waals surface area (Å²) in [4.78, 5) is 0. The summed E-state index contributed by atoms with van der Waals surface area (Å²) in [6.07, 6.45) is 24.3. The molecule has 12 aliphatic rings. The Labute approximate surface area is 515 Å². The van der Waals surface area contributed by atoms with Gasteiger partial charge in [0.15, 0.2) is 0 Å². The highest BCUT2D eigenvalue weighted by atomic mass is 16.5. The number of rotatable bonds is 9. The average molecular weight is 1160 g/mol. The van der Waals surface area contributed by atoms with E-state index in [0.29, 0.717) is 107 Å². The highest BCUT2D eigenvalue weighted by Gasteiger charge is 2.72. The second-order valence-electron chi connectivity index (χ2n) is 37.4. The lowest BCUT2D eigenvalue weighted by Crippen LogP contribution is -2.41. The third kappa shape index (κ3) is 9.36. The van der Waals surface area contributed by atoms with Crippen LogP contribution in [0.15, 0.2) is 0 Å². The van der Waals surface area contributed by atoms with E-state index in [4.69, 9.17) is 14.2 Å². The molecule has 0 aromatic carbocycles. The first-order valence-corrected chi connectivity index (χ1v) is 35.5. The fourth-order valence-corrected chi connectivity index (χ4v) is 26.4. The largest absolute Gasteiger partial charge is 0.393 e. The van der Waals surface area contributed by atoms with E-state index in [1.807, 2.05) is 21.3 Å². The molecule has 20 unspecified atom stereocenters. The van der Waals surface area contributed by atoms with Crippen molar-refractivity contribution in [1.82, 2.24) is 0 Å². The molecular weight excluding hydrogens is 1020 g/mol. The van der Waals surface area contributed by atoms with Crippen LogP contribution < -0.4 is 0 Å². The molecule has 12 aliphatic carbocycles. The Balaban J connectivity index is 0.000000143. The molecule has 12 rings (SSSR count). The predicted molar refractivity (Wildman–Crippen MR) is 350 cm³/mol. The molecule has 83 heavy (non-hydrogen) atoms. The topological polar surface area (TPSA) is 88.4 Å². The lowest BCUT2D eigenvalue weighted by atomic mass is 9.60. The van der Waals surface area contributed by atoms with Crippen molar-refractivity contribution in [3.05, 3.63) is 0 Å².